The van der Waals surface area contributed by atoms with Crippen LogP contribution < -0.4 is 11.1 Å². The predicted molar refractivity (Wildman–Crippen MR) is 65.6 cm³/mol. The number of fused-ring (bicyclic) bond motifs is 1. The number of nitrogens with one attached hydrogen (secondary N) is 1. The van der Waals surface area contributed by atoms with Gasteiger partial charge in [0.05, 0.1) is 11.0 Å². The van der Waals surface area contributed by atoms with Crippen molar-refractivity contribution in [2.24, 2.45) is 11.1 Å². The molecule has 17 heavy (non-hydrogen) atoms. The zero-order valence-corrected chi connectivity index (χ0v) is 10.1. The van der Waals surface area contributed by atoms with Crippen LogP contribution in [0.2, 0.25) is 0 Å². The molecule has 1 aliphatic heterocycles. The van der Waals surface area contributed by atoms with Gasteiger partial charge in [0.15, 0.2) is 0 Å². The predicted octanol–water partition coefficient (Wildman–Crippen LogP) is 1.32. The zero-order chi connectivity index (χ0) is 12.6. The molecule has 1 unspecified atom stereocenters. The first-order valence-corrected chi connectivity index (χ1v) is 5.69. The summed E-state index contributed by atoms with van der Waals surface area (Å²) >= 11 is 0. The molecule has 0 aromatic rings. The number of allylic oxidation sites excluding steroid dienone is 1. The van der Waals surface area contributed by atoms with Gasteiger partial charge in [-0.15, -0.1) is 0 Å². The fourth-order valence-electron chi connectivity index (χ4n) is 2.01. The monoisotopic (exact) mass is 235 g/mol. The highest BCUT2D eigenvalue weighted by Gasteiger charge is 2.32. The second kappa shape index (κ2) is 4.00. The average molecular weight is 235 g/mol. The molecule has 2 rings (SSSR count). The van der Waals surface area contributed by atoms with Crippen LogP contribution in [-0.4, -0.2) is 17.5 Å². The van der Waals surface area contributed by atoms with E-state index in [4.69, 9.17) is 5.73 Å². The Morgan fingerprint density at radius 3 is 2.88 bits per heavy atom. The van der Waals surface area contributed by atoms with E-state index in [1.165, 1.54) is 0 Å². The summed E-state index contributed by atoms with van der Waals surface area (Å²) in [5.41, 5.74) is 7.84. The van der Waals surface area contributed by atoms with E-state index in [2.05, 4.69) is 19.2 Å². The molecular formula is C12H17N3O2. The van der Waals surface area contributed by atoms with Crippen molar-refractivity contribution < 1.29 is 4.92 Å². The van der Waals surface area contributed by atoms with E-state index in [1.807, 2.05) is 6.08 Å². The van der Waals surface area contributed by atoms with Crippen LogP contribution in [0.15, 0.2) is 35.2 Å². The Bertz CT molecular complexity index is 447. The molecule has 92 valence electrons. The molecule has 5 nitrogen and oxygen atoms in total. The summed E-state index contributed by atoms with van der Waals surface area (Å²) in [6, 6.07) is 0.166. The summed E-state index contributed by atoms with van der Waals surface area (Å²) in [5, 5.41) is 14.1. The van der Waals surface area contributed by atoms with Gasteiger partial charge in [0, 0.05) is 23.7 Å². The summed E-state index contributed by atoms with van der Waals surface area (Å²) in [5.74, 6) is 0. The molecule has 0 aromatic heterocycles. The molecule has 0 saturated heterocycles. The molecule has 2 aliphatic rings. The lowest BCUT2D eigenvalue weighted by molar-refractivity contribution is -0.419. The van der Waals surface area contributed by atoms with Crippen LogP contribution >= 0.6 is 0 Å². The second-order valence-corrected chi connectivity index (χ2v) is 5.11. The van der Waals surface area contributed by atoms with Crippen LogP contribution in [-0.2, 0) is 0 Å². The number of nitrogens with zero attached hydrogens (tertiary/aromatic N) is 1. The largest absolute Gasteiger partial charge is 0.381 e. The SMILES string of the molecule is CC(C)(CN)C1=CC2=CC([N+](=O)[O-])=CCC2N1. The molecule has 1 heterocycles. The number of rotatable bonds is 3. The van der Waals surface area contributed by atoms with E-state index in [-0.39, 0.29) is 22.1 Å². The van der Waals surface area contributed by atoms with Crippen LogP contribution in [0.25, 0.3) is 0 Å². The molecule has 0 radical (unpaired) electrons. The van der Waals surface area contributed by atoms with E-state index in [0.29, 0.717) is 13.0 Å². The maximum Gasteiger partial charge on any atom is 0.265 e. The Balaban J connectivity index is 2.26. The van der Waals surface area contributed by atoms with E-state index in [0.717, 1.165) is 11.3 Å². The van der Waals surface area contributed by atoms with Gasteiger partial charge in [-0.1, -0.05) is 13.8 Å². The van der Waals surface area contributed by atoms with Gasteiger partial charge in [-0.05, 0) is 24.1 Å². The van der Waals surface area contributed by atoms with Crippen LogP contribution in [0, 0.1) is 15.5 Å². The molecule has 0 amide bonds. The highest BCUT2D eigenvalue weighted by Crippen LogP contribution is 2.33. The summed E-state index contributed by atoms with van der Waals surface area (Å²) in [4.78, 5) is 10.4. The smallest absolute Gasteiger partial charge is 0.265 e. The van der Waals surface area contributed by atoms with Crippen molar-refractivity contribution in [1.82, 2.24) is 5.32 Å². The molecule has 5 heteroatoms. The van der Waals surface area contributed by atoms with Gasteiger partial charge in [-0.25, -0.2) is 0 Å². The van der Waals surface area contributed by atoms with E-state index >= 15 is 0 Å². The highest BCUT2D eigenvalue weighted by atomic mass is 16.6. The quantitative estimate of drug-likeness (QED) is 0.571. The van der Waals surface area contributed by atoms with Gasteiger partial charge >= 0.3 is 0 Å². The van der Waals surface area contributed by atoms with Crippen molar-refractivity contribution in [1.29, 1.82) is 0 Å². The van der Waals surface area contributed by atoms with E-state index in [1.54, 1.807) is 12.2 Å². The van der Waals surface area contributed by atoms with E-state index in [9.17, 15) is 10.1 Å². The normalized spacial score (nSPS) is 23.2. The Morgan fingerprint density at radius 1 is 1.59 bits per heavy atom. The standard InChI is InChI=1S/C12H17N3O2/c1-12(2,7-13)11-6-8-5-9(15(16)17)3-4-10(8)14-11/h3,5-6,10,14H,4,7,13H2,1-2H3. The van der Waals surface area contributed by atoms with Crippen molar-refractivity contribution in [2.45, 2.75) is 26.3 Å². The van der Waals surface area contributed by atoms with E-state index < -0.39 is 0 Å². The van der Waals surface area contributed by atoms with Gasteiger partial charge in [-0.3, -0.25) is 10.1 Å². The molecule has 1 aliphatic carbocycles. The summed E-state index contributed by atoms with van der Waals surface area (Å²) in [6.07, 6.45) is 5.95. The number of nitrogens with two attached hydrogens (primary N) is 1. The third-order valence-electron chi connectivity index (χ3n) is 3.37. The van der Waals surface area contributed by atoms with Crippen molar-refractivity contribution in [2.75, 3.05) is 6.54 Å². The maximum atomic E-state index is 10.7. The van der Waals surface area contributed by atoms with Crippen LogP contribution in [0.1, 0.15) is 20.3 Å². The summed E-state index contributed by atoms with van der Waals surface area (Å²) < 4.78 is 0. The minimum Gasteiger partial charge on any atom is -0.381 e. The Kier molecular flexibility index (Phi) is 2.79. The Hall–Kier alpha value is -1.62. The number of nitro groups is 1. The fraction of sp³-hybridized carbons (Fsp3) is 0.500. The first-order valence-electron chi connectivity index (χ1n) is 5.69. The van der Waals surface area contributed by atoms with Gasteiger partial charge in [0.2, 0.25) is 0 Å². The minimum atomic E-state index is -0.344. The molecule has 0 spiro atoms. The summed E-state index contributed by atoms with van der Waals surface area (Å²) in [7, 11) is 0. The Labute approximate surface area is 100 Å². The number of hydrogen-bond donors (Lipinski definition) is 2. The first-order chi connectivity index (χ1) is 7.94. The molecule has 0 bridgehead atoms. The topological polar surface area (TPSA) is 81.2 Å². The van der Waals surface area contributed by atoms with Gasteiger partial charge in [-0.2, -0.15) is 0 Å². The third-order valence-corrected chi connectivity index (χ3v) is 3.37. The van der Waals surface area contributed by atoms with Crippen molar-refractivity contribution in [3.8, 4) is 0 Å². The maximum absolute atomic E-state index is 10.7. The molecule has 0 aromatic carbocycles. The van der Waals surface area contributed by atoms with Crippen molar-refractivity contribution in [3.05, 3.63) is 45.3 Å². The molecule has 1 atom stereocenters. The summed E-state index contributed by atoms with van der Waals surface area (Å²) in [6.45, 7) is 4.67. The molecule has 3 N–H and O–H groups in total. The van der Waals surface area contributed by atoms with Gasteiger partial charge in [0.25, 0.3) is 5.70 Å². The molecule has 0 saturated carbocycles. The first kappa shape index (κ1) is 11.9. The van der Waals surface area contributed by atoms with Crippen molar-refractivity contribution >= 4 is 0 Å². The zero-order valence-electron chi connectivity index (χ0n) is 10.1. The average Bonchev–Trinajstić information content (AvgIpc) is 2.72. The van der Waals surface area contributed by atoms with Crippen molar-refractivity contribution in [3.63, 3.8) is 0 Å². The Morgan fingerprint density at radius 2 is 2.29 bits per heavy atom. The third kappa shape index (κ3) is 2.10. The van der Waals surface area contributed by atoms with Crippen LogP contribution in [0.5, 0.6) is 0 Å². The lowest BCUT2D eigenvalue weighted by Gasteiger charge is -2.26. The molecule has 0 fully saturated rings. The number of hydrogen-bond acceptors (Lipinski definition) is 4. The van der Waals surface area contributed by atoms with Crippen LogP contribution in [0.3, 0.4) is 0 Å². The molecular weight excluding hydrogens is 218 g/mol. The van der Waals surface area contributed by atoms with Gasteiger partial charge in [0.1, 0.15) is 0 Å². The minimum absolute atomic E-state index is 0.118. The second-order valence-electron chi connectivity index (χ2n) is 5.11. The van der Waals surface area contributed by atoms with Gasteiger partial charge < -0.3 is 11.1 Å². The lowest BCUT2D eigenvalue weighted by Crippen LogP contribution is -2.35. The highest BCUT2D eigenvalue weighted by molar-refractivity contribution is 5.43. The lowest BCUT2D eigenvalue weighted by atomic mass is 9.89. The van der Waals surface area contributed by atoms with Crippen LogP contribution in [0.4, 0.5) is 0 Å². The fourth-order valence-corrected chi connectivity index (χ4v) is 2.01.